The molecule has 2 aromatic rings. The molecule has 0 saturated heterocycles. The van der Waals surface area contributed by atoms with Crippen molar-refractivity contribution < 1.29 is 13.9 Å². The summed E-state index contributed by atoms with van der Waals surface area (Å²) in [7, 11) is 0. The van der Waals surface area contributed by atoms with Crippen LogP contribution in [0.4, 0.5) is 8.78 Å². The third kappa shape index (κ3) is 3.14. The summed E-state index contributed by atoms with van der Waals surface area (Å²) >= 11 is 14.8. The summed E-state index contributed by atoms with van der Waals surface area (Å²) in [6.07, 6.45) is -1.39. The number of hydrogen-bond acceptors (Lipinski definition) is 1. The fraction of sp³-hybridized carbons (Fsp3) is 0.143. The molecule has 0 fully saturated rings. The summed E-state index contributed by atoms with van der Waals surface area (Å²) in [5.74, 6) is -1.45. The van der Waals surface area contributed by atoms with Crippen LogP contribution in [0.25, 0.3) is 0 Å². The van der Waals surface area contributed by atoms with E-state index in [9.17, 15) is 13.9 Å². The van der Waals surface area contributed by atoms with Gasteiger partial charge in [0.25, 0.3) is 0 Å². The van der Waals surface area contributed by atoms with Crippen LogP contribution in [0.15, 0.2) is 34.8 Å². The summed E-state index contributed by atoms with van der Waals surface area (Å²) in [4.78, 5) is 0. The van der Waals surface area contributed by atoms with Gasteiger partial charge in [-0.3, -0.25) is 0 Å². The van der Waals surface area contributed by atoms with Crippen LogP contribution < -0.4 is 0 Å². The Morgan fingerprint density at radius 1 is 1.15 bits per heavy atom. The van der Waals surface area contributed by atoms with E-state index in [0.29, 0.717) is 5.56 Å². The lowest BCUT2D eigenvalue weighted by atomic mass is 10.0. The lowest BCUT2D eigenvalue weighted by Crippen LogP contribution is -2.07. The van der Waals surface area contributed by atoms with Gasteiger partial charge < -0.3 is 5.11 Å². The molecule has 0 bridgehead atoms. The minimum atomic E-state index is -1.15. The fourth-order valence-corrected chi connectivity index (χ4v) is 2.64. The van der Waals surface area contributed by atoms with Crippen LogP contribution in [-0.4, -0.2) is 5.11 Å². The van der Waals surface area contributed by atoms with Crippen LogP contribution in [0.1, 0.15) is 17.2 Å². The van der Waals surface area contributed by atoms with Gasteiger partial charge >= 0.3 is 0 Å². The molecule has 0 spiro atoms. The average Bonchev–Trinajstić information content (AvgIpc) is 2.42. The van der Waals surface area contributed by atoms with Gasteiger partial charge in [0.1, 0.15) is 11.6 Å². The van der Waals surface area contributed by atoms with E-state index in [1.54, 1.807) is 18.2 Å². The standard InChI is InChI=1S/C14H9BrCl2F2O/c15-9-4-5-11(18)8(14(9)19)6-12(20)7-2-1-3-10(16)13(7)17/h1-5,12,20H,6H2. The van der Waals surface area contributed by atoms with Crippen molar-refractivity contribution in [1.29, 1.82) is 0 Å². The van der Waals surface area contributed by atoms with Gasteiger partial charge in [-0.2, -0.15) is 0 Å². The highest BCUT2D eigenvalue weighted by atomic mass is 79.9. The van der Waals surface area contributed by atoms with Gasteiger partial charge in [-0.25, -0.2) is 8.78 Å². The molecular weight excluding hydrogens is 373 g/mol. The molecule has 0 aliphatic carbocycles. The molecule has 6 heteroatoms. The zero-order chi connectivity index (χ0) is 14.9. The Morgan fingerprint density at radius 3 is 2.55 bits per heavy atom. The summed E-state index contributed by atoms with van der Waals surface area (Å²) in [5.41, 5.74) is 0.126. The van der Waals surface area contributed by atoms with E-state index in [4.69, 9.17) is 23.2 Å². The molecule has 1 atom stereocenters. The van der Waals surface area contributed by atoms with Crippen molar-refractivity contribution in [3.8, 4) is 0 Å². The molecule has 0 radical (unpaired) electrons. The molecule has 0 amide bonds. The van der Waals surface area contributed by atoms with Crippen molar-refractivity contribution >= 4 is 39.1 Å². The Kier molecular flexibility index (Phi) is 5.02. The smallest absolute Gasteiger partial charge is 0.143 e. The van der Waals surface area contributed by atoms with Crippen LogP contribution in [0.2, 0.25) is 10.0 Å². The molecule has 0 heterocycles. The number of rotatable bonds is 3. The maximum absolute atomic E-state index is 13.9. The number of halogens is 5. The first kappa shape index (κ1) is 15.7. The third-order valence-corrected chi connectivity index (χ3v) is 4.32. The monoisotopic (exact) mass is 380 g/mol. The van der Waals surface area contributed by atoms with E-state index in [2.05, 4.69) is 15.9 Å². The van der Waals surface area contributed by atoms with Crippen molar-refractivity contribution in [3.63, 3.8) is 0 Å². The Labute approximate surface area is 133 Å². The van der Waals surface area contributed by atoms with Crippen LogP contribution in [0.3, 0.4) is 0 Å². The SMILES string of the molecule is OC(Cc1c(F)ccc(Br)c1F)c1cccc(Cl)c1Cl. The lowest BCUT2D eigenvalue weighted by molar-refractivity contribution is 0.175. The van der Waals surface area contributed by atoms with Gasteiger partial charge in [-0.15, -0.1) is 0 Å². The largest absolute Gasteiger partial charge is 0.388 e. The minimum Gasteiger partial charge on any atom is -0.388 e. The zero-order valence-corrected chi connectivity index (χ0v) is 13.1. The number of benzene rings is 2. The average molecular weight is 382 g/mol. The molecule has 20 heavy (non-hydrogen) atoms. The van der Waals surface area contributed by atoms with Gasteiger partial charge in [0, 0.05) is 17.5 Å². The molecule has 0 aromatic heterocycles. The predicted molar refractivity (Wildman–Crippen MR) is 79.2 cm³/mol. The highest BCUT2D eigenvalue weighted by Crippen LogP contribution is 2.33. The van der Waals surface area contributed by atoms with Gasteiger partial charge in [0.2, 0.25) is 0 Å². The molecule has 1 N–H and O–H groups in total. The van der Waals surface area contributed by atoms with Crippen LogP contribution in [-0.2, 0) is 6.42 Å². The Balaban J connectivity index is 2.35. The summed E-state index contributed by atoms with van der Waals surface area (Å²) < 4.78 is 27.7. The third-order valence-electron chi connectivity index (χ3n) is 2.88. The van der Waals surface area contributed by atoms with Crippen molar-refractivity contribution in [2.24, 2.45) is 0 Å². The molecule has 0 aliphatic heterocycles. The lowest BCUT2D eigenvalue weighted by Gasteiger charge is -2.15. The Bertz CT molecular complexity index is 649. The van der Waals surface area contributed by atoms with Crippen molar-refractivity contribution in [3.05, 3.63) is 67.6 Å². The second-order valence-electron chi connectivity index (χ2n) is 4.18. The molecule has 0 aliphatic rings. The molecule has 1 unspecified atom stereocenters. The van der Waals surface area contributed by atoms with Crippen LogP contribution in [0.5, 0.6) is 0 Å². The van der Waals surface area contributed by atoms with Gasteiger partial charge in [0.15, 0.2) is 0 Å². The fourth-order valence-electron chi connectivity index (χ4n) is 1.84. The molecule has 106 valence electrons. The van der Waals surface area contributed by atoms with E-state index in [-0.39, 0.29) is 26.5 Å². The molecule has 0 saturated carbocycles. The number of hydrogen-bond donors (Lipinski definition) is 1. The number of aliphatic hydroxyl groups excluding tert-OH is 1. The van der Waals surface area contributed by atoms with Crippen molar-refractivity contribution in [1.82, 2.24) is 0 Å². The van der Waals surface area contributed by atoms with E-state index in [1.165, 1.54) is 6.07 Å². The van der Waals surface area contributed by atoms with Gasteiger partial charge in [0.05, 0.1) is 20.6 Å². The maximum Gasteiger partial charge on any atom is 0.143 e. The predicted octanol–water partition coefficient (Wildman–Crippen LogP) is 5.31. The second kappa shape index (κ2) is 6.39. The zero-order valence-electron chi connectivity index (χ0n) is 10.0. The van der Waals surface area contributed by atoms with Crippen LogP contribution in [0, 0.1) is 11.6 Å². The van der Waals surface area contributed by atoms with E-state index < -0.39 is 17.7 Å². The molecule has 2 aromatic carbocycles. The quantitative estimate of drug-likeness (QED) is 0.714. The van der Waals surface area contributed by atoms with Crippen LogP contribution >= 0.6 is 39.1 Å². The minimum absolute atomic E-state index is 0.137. The first-order chi connectivity index (χ1) is 9.41. The topological polar surface area (TPSA) is 20.2 Å². The first-order valence-electron chi connectivity index (χ1n) is 5.66. The molecular formula is C14H9BrCl2F2O. The van der Waals surface area contributed by atoms with Gasteiger partial charge in [-0.1, -0.05) is 35.3 Å². The van der Waals surface area contributed by atoms with Gasteiger partial charge in [-0.05, 0) is 34.1 Å². The highest BCUT2D eigenvalue weighted by Gasteiger charge is 2.19. The van der Waals surface area contributed by atoms with Crippen molar-refractivity contribution in [2.45, 2.75) is 12.5 Å². The normalized spacial score (nSPS) is 12.5. The summed E-state index contributed by atoms with van der Waals surface area (Å²) in [5, 5.41) is 10.6. The Hall–Kier alpha value is -0.680. The number of aliphatic hydroxyl groups is 1. The molecule has 2 rings (SSSR count). The van der Waals surface area contributed by atoms with Crippen molar-refractivity contribution in [2.75, 3.05) is 0 Å². The van der Waals surface area contributed by atoms with E-state index in [0.717, 1.165) is 6.07 Å². The summed E-state index contributed by atoms with van der Waals surface area (Å²) in [6, 6.07) is 7.15. The van der Waals surface area contributed by atoms with E-state index >= 15 is 0 Å². The van der Waals surface area contributed by atoms with E-state index in [1.807, 2.05) is 0 Å². The summed E-state index contributed by atoms with van der Waals surface area (Å²) in [6.45, 7) is 0. The maximum atomic E-state index is 13.9. The Morgan fingerprint density at radius 2 is 1.85 bits per heavy atom. The second-order valence-corrected chi connectivity index (χ2v) is 5.82. The molecule has 1 nitrogen and oxygen atoms in total. The first-order valence-corrected chi connectivity index (χ1v) is 7.21. The highest BCUT2D eigenvalue weighted by molar-refractivity contribution is 9.10.